The molecule has 29 heteroatoms. The van der Waals surface area contributed by atoms with E-state index in [1.54, 1.807) is 34.9 Å². The Kier molecular flexibility index (Phi) is 48.5. The summed E-state index contributed by atoms with van der Waals surface area (Å²) in [6, 6.07) is 0. The molecule has 0 aliphatic carbocycles. The lowest BCUT2D eigenvalue weighted by Crippen LogP contribution is -2.37. The molecular weight excluding hydrogens is 1110 g/mol. The molecule has 2 amide bonds. The van der Waals surface area contributed by atoms with Gasteiger partial charge in [-0.1, -0.05) is 53.2 Å². The third kappa shape index (κ3) is 57.2. The highest BCUT2D eigenvalue weighted by atomic mass is 32.2. The van der Waals surface area contributed by atoms with E-state index in [0.717, 1.165) is 63.5 Å². The number of alkyl halides is 6. The Morgan fingerprint density at radius 2 is 1.10 bits per heavy atom. The number of hydrogen-bond acceptors (Lipinski definition) is 21. The number of unbranched alkanes of at least 4 members (excludes halogenated alkanes) is 6. The Labute approximate surface area is 476 Å². The topological polar surface area (TPSA) is 318 Å². The highest BCUT2D eigenvalue weighted by Crippen LogP contribution is 2.37. The van der Waals surface area contributed by atoms with Crippen LogP contribution in [-0.2, 0) is 66.7 Å². The van der Waals surface area contributed by atoms with Gasteiger partial charge in [-0.3, -0.25) is 14.4 Å². The average Bonchev–Trinajstić information content (AvgIpc) is 3.34. The fourth-order valence-corrected chi connectivity index (χ4v) is 6.75. The largest absolute Gasteiger partial charge is 0.542 e. The number of thioether (sulfide) groups is 1. The molecule has 0 aliphatic rings. The number of nitrogens with two attached hydrogens (primary N) is 1. The van der Waals surface area contributed by atoms with Crippen LogP contribution < -0.4 is 26.6 Å². The second kappa shape index (κ2) is 46.7. The van der Waals surface area contributed by atoms with Crippen molar-refractivity contribution in [1.82, 2.24) is 15.5 Å². The Hall–Kier alpha value is -5.84. The van der Waals surface area contributed by atoms with Crippen molar-refractivity contribution in [3.8, 4) is 0 Å². The Morgan fingerprint density at radius 1 is 0.654 bits per heavy atom. The number of rotatable bonds is 31. The van der Waals surface area contributed by atoms with E-state index in [0.29, 0.717) is 63.8 Å². The number of esters is 5. The van der Waals surface area contributed by atoms with Gasteiger partial charge in [0.1, 0.15) is 36.4 Å². The van der Waals surface area contributed by atoms with Crippen LogP contribution in [0.1, 0.15) is 127 Å². The molecule has 0 saturated heterocycles. The van der Waals surface area contributed by atoms with Gasteiger partial charge in [0.15, 0.2) is 0 Å². The van der Waals surface area contributed by atoms with Crippen molar-refractivity contribution in [3.05, 3.63) is 25.3 Å². The second-order valence-electron chi connectivity index (χ2n) is 19.7. The number of carboxylic acids is 2. The first-order valence-corrected chi connectivity index (χ1v) is 26.7. The molecule has 2 unspecified atom stereocenters. The monoisotopic (exact) mass is 1200 g/mol. The minimum atomic E-state index is -5.19. The summed E-state index contributed by atoms with van der Waals surface area (Å²) in [5.74, 6) is -7.36. The van der Waals surface area contributed by atoms with Crippen LogP contribution in [0.4, 0.5) is 35.9 Å². The van der Waals surface area contributed by atoms with Crippen LogP contribution in [0.3, 0.4) is 0 Å². The Bertz CT molecular complexity index is 1820. The smallest absolute Gasteiger partial charge is 0.430 e. The molecule has 0 rings (SSSR count). The lowest BCUT2D eigenvalue weighted by atomic mass is 9.73. The molecule has 0 heterocycles. The molecule has 0 radical (unpaired) electrons. The minimum absolute atomic E-state index is 0.126. The predicted molar refractivity (Wildman–Crippen MR) is 284 cm³/mol. The van der Waals surface area contributed by atoms with Crippen molar-refractivity contribution in [1.29, 1.82) is 0 Å². The van der Waals surface area contributed by atoms with Gasteiger partial charge in [-0.25, -0.2) is 19.2 Å². The summed E-state index contributed by atoms with van der Waals surface area (Å²) in [6.07, 6.45) is -0.764. The molecular formula is C52H88F6N4O18S-2. The minimum Gasteiger partial charge on any atom is -0.542 e. The maximum Gasteiger partial charge on any atom is 0.430 e. The zero-order valence-electron chi connectivity index (χ0n) is 48.9. The second-order valence-corrected chi connectivity index (χ2v) is 20.9. The molecule has 0 aromatic heterocycles. The third-order valence-corrected chi connectivity index (χ3v) is 10.6. The van der Waals surface area contributed by atoms with Crippen LogP contribution in [0.2, 0.25) is 0 Å². The fraction of sp³-hybridized carbons (Fsp3) is 0.750. The number of nitrogens with zero attached hydrogens (tertiary/aromatic N) is 1. The molecule has 0 aliphatic heterocycles. The number of ether oxygens (including phenoxy) is 7. The first-order chi connectivity index (χ1) is 37.2. The zero-order valence-corrected chi connectivity index (χ0v) is 49.7. The first-order valence-electron chi connectivity index (χ1n) is 25.6. The van der Waals surface area contributed by atoms with E-state index in [4.69, 9.17) is 54.0 Å². The lowest BCUT2D eigenvalue weighted by molar-refractivity contribution is -0.344. The van der Waals surface area contributed by atoms with Gasteiger partial charge in [0.05, 0.1) is 45.1 Å². The van der Waals surface area contributed by atoms with Gasteiger partial charge in [-0.15, -0.1) is 0 Å². The van der Waals surface area contributed by atoms with Crippen molar-refractivity contribution in [3.63, 3.8) is 0 Å². The maximum atomic E-state index is 13.0. The summed E-state index contributed by atoms with van der Waals surface area (Å²) >= 11 is 1.52. The average molecular weight is 1200 g/mol. The van der Waals surface area contributed by atoms with E-state index in [1.807, 2.05) is 41.5 Å². The van der Waals surface area contributed by atoms with Crippen LogP contribution in [-0.4, -0.2) is 168 Å². The molecule has 0 saturated carbocycles. The summed E-state index contributed by atoms with van der Waals surface area (Å²) in [6.45, 7) is 26.6. The van der Waals surface area contributed by atoms with Crippen molar-refractivity contribution < 1.29 is 113 Å². The van der Waals surface area contributed by atoms with Gasteiger partial charge < -0.3 is 74.2 Å². The SMILES string of the molecule is C=CC(=O)OCCCCCCNC(=O)OC(C)(C)C.C=CC(=O)OCCN(C)C(=O)OC(C)(C)C.CNCCOC(=O)C(C)CC(C)(C)C(CSCCC(=O)OC)C(=O)OCCCCCCN.O=C([O-])C(F)(F)F.O=C([O-])C(F)(F)F. The van der Waals surface area contributed by atoms with Crippen molar-refractivity contribution in [2.24, 2.45) is 23.0 Å². The maximum absolute atomic E-state index is 13.0. The van der Waals surface area contributed by atoms with Gasteiger partial charge in [-0.2, -0.15) is 38.1 Å². The summed E-state index contributed by atoms with van der Waals surface area (Å²) < 4.78 is 98.5. The van der Waals surface area contributed by atoms with E-state index >= 15 is 0 Å². The quantitative estimate of drug-likeness (QED) is 0.0244. The summed E-state index contributed by atoms with van der Waals surface area (Å²) in [5.41, 5.74) is 4.05. The molecule has 22 nitrogen and oxygen atoms in total. The van der Waals surface area contributed by atoms with Crippen LogP contribution in [0.5, 0.6) is 0 Å². The van der Waals surface area contributed by atoms with Crippen molar-refractivity contribution >= 4 is 65.7 Å². The zero-order chi connectivity index (χ0) is 64.1. The summed E-state index contributed by atoms with van der Waals surface area (Å²) in [7, 11) is 4.74. The molecule has 0 aromatic carbocycles. The number of hydrogen-bond donors (Lipinski definition) is 3. The number of amides is 2. The van der Waals surface area contributed by atoms with E-state index in [-0.39, 0.29) is 49.0 Å². The highest BCUT2D eigenvalue weighted by Gasteiger charge is 2.39. The van der Waals surface area contributed by atoms with Gasteiger partial charge in [0.25, 0.3) is 0 Å². The molecule has 4 N–H and O–H groups in total. The number of halogens is 6. The van der Waals surface area contributed by atoms with Gasteiger partial charge >= 0.3 is 54.4 Å². The van der Waals surface area contributed by atoms with Gasteiger partial charge in [0.2, 0.25) is 0 Å². The van der Waals surface area contributed by atoms with Crippen LogP contribution in [0, 0.1) is 17.3 Å². The van der Waals surface area contributed by atoms with Crippen LogP contribution in [0.15, 0.2) is 25.3 Å². The number of aliphatic carboxylic acids is 2. The highest BCUT2D eigenvalue weighted by molar-refractivity contribution is 7.99. The van der Waals surface area contributed by atoms with Crippen LogP contribution in [0.25, 0.3) is 0 Å². The number of nitrogens with one attached hydrogen (secondary N) is 2. The number of methoxy groups -OCH3 is 1. The lowest BCUT2D eigenvalue weighted by Gasteiger charge is -2.34. The number of likely N-dealkylation sites (N-methyl/N-ethyl adjacent to an activating group) is 2. The summed E-state index contributed by atoms with van der Waals surface area (Å²) in [4.78, 5) is 99.8. The molecule has 0 fully saturated rings. The number of carboxylic acid groups (broad SMARTS) is 2. The van der Waals surface area contributed by atoms with E-state index < -0.39 is 58.9 Å². The van der Waals surface area contributed by atoms with Crippen molar-refractivity contribution in [2.45, 2.75) is 150 Å². The molecule has 474 valence electrons. The predicted octanol–water partition coefficient (Wildman–Crippen LogP) is 5.76. The number of alkyl carbamates (subject to hydrolysis) is 1. The number of carbonyl (C=O) groups is 9. The number of carbonyl (C=O) groups excluding carboxylic acids is 9. The standard InChI is InChI=1S/C23H44N2O6S.C14H25NO4.C11H19NO4.2C2HF3O2/c1-18(21(27)31-14-12-25-4)16-23(2,3)19(17-32-15-10-20(26)29-5)22(28)30-13-9-7-6-8-11-24;1-5-12(16)18-11-9-7-6-8-10-15-13(17)19-14(2,3)4;1-6-9(13)15-8-7-12(5)10(14)16-11(2,3)4;2*3-2(4,5)1(6)7/h18-19,25H,6-17,24H2,1-5H3;5H,1,6-11H2,2-4H3,(H,15,17);6H,1,7-8H2,2-5H3;2*(H,6,7)/p-2. The van der Waals surface area contributed by atoms with Gasteiger partial charge in [-0.05, 0) is 99.1 Å². The first kappa shape index (κ1) is 84.0. The summed E-state index contributed by atoms with van der Waals surface area (Å²) in [5, 5.41) is 23.2. The molecule has 81 heavy (non-hydrogen) atoms. The fourth-order valence-electron chi connectivity index (χ4n) is 5.45. The Morgan fingerprint density at radius 3 is 1.53 bits per heavy atom. The molecule has 2 atom stereocenters. The van der Waals surface area contributed by atoms with E-state index in [9.17, 15) is 59.9 Å². The van der Waals surface area contributed by atoms with Gasteiger partial charge in [0, 0.05) is 43.8 Å². The van der Waals surface area contributed by atoms with E-state index in [1.165, 1.54) is 23.8 Å². The molecule has 0 spiro atoms. The van der Waals surface area contributed by atoms with Crippen LogP contribution >= 0.6 is 11.8 Å². The normalized spacial score (nSPS) is 11.8. The Balaban J connectivity index is -0.000000333. The van der Waals surface area contributed by atoms with E-state index in [2.05, 4.69) is 28.5 Å². The van der Waals surface area contributed by atoms with Crippen molar-refractivity contribution in [2.75, 3.05) is 85.3 Å². The molecule has 0 bridgehead atoms. The molecule has 0 aromatic rings. The third-order valence-electron chi connectivity index (χ3n) is 9.52.